The average molecular weight is 138 g/mol. The third-order valence-electron chi connectivity index (χ3n) is 1.04. The van der Waals surface area contributed by atoms with Crippen molar-refractivity contribution in [1.29, 1.82) is 0 Å². The van der Waals surface area contributed by atoms with E-state index in [9.17, 15) is 0 Å². The average Bonchev–Trinajstić information content (AvgIpc) is 1.88. The van der Waals surface area contributed by atoms with Gasteiger partial charge in [0.05, 0.1) is 12.2 Å². The third-order valence-corrected chi connectivity index (χ3v) is 1.04. The van der Waals surface area contributed by atoms with E-state index in [4.69, 9.17) is 5.84 Å². The van der Waals surface area contributed by atoms with Crippen LogP contribution in [0.4, 0.5) is 0 Å². The molecule has 2 N–H and O–H groups in total. The molecule has 1 heterocycles. The van der Waals surface area contributed by atoms with E-state index in [0.717, 1.165) is 5.69 Å². The van der Waals surface area contributed by atoms with Crippen LogP contribution < -0.4 is 5.84 Å². The Hall–Kier alpha value is -1.00. The molecule has 4 heteroatoms. The van der Waals surface area contributed by atoms with E-state index in [2.05, 4.69) is 10.2 Å². The lowest BCUT2D eigenvalue weighted by Gasteiger charge is -2.06. The predicted molar refractivity (Wildman–Crippen MR) is 37.7 cm³/mol. The highest BCUT2D eigenvalue weighted by Crippen LogP contribution is 1.91. The second-order valence-electron chi connectivity index (χ2n) is 2.13. The Morgan fingerprint density at radius 1 is 1.70 bits per heavy atom. The van der Waals surface area contributed by atoms with Gasteiger partial charge in [0.1, 0.15) is 0 Å². The van der Waals surface area contributed by atoms with Crippen LogP contribution in [0.25, 0.3) is 0 Å². The van der Waals surface area contributed by atoms with Crippen molar-refractivity contribution < 1.29 is 0 Å². The number of aromatic nitrogens is 2. The lowest BCUT2D eigenvalue weighted by Crippen LogP contribution is -2.25. The van der Waals surface area contributed by atoms with Crippen molar-refractivity contribution >= 4 is 0 Å². The molecule has 0 bridgehead atoms. The summed E-state index contributed by atoms with van der Waals surface area (Å²) in [6.45, 7) is 0.633. The van der Waals surface area contributed by atoms with Crippen molar-refractivity contribution in [1.82, 2.24) is 15.2 Å². The van der Waals surface area contributed by atoms with E-state index < -0.39 is 0 Å². The van der Waals surface area contributed by atoms with Crippen LogP contribution in [-0.4, -0.2) is 22.3 Å². The van der Waals surface area contributed by atoms with Crippen LogP contribution >= 0.6 is 0 Å². The molecule has 0 radical (unpaired) electrons. The summed E-state index contributed by atoms with van der Waals surface area (Å²) < 4.78 is 0. The zero-order chi connectivity index (χ0) is 7.40. The molecule has 1 aromatic heterocycles. The van der Waals surface area contributed by atoms with E-state index in [1.54, 1.807) is 18.3 Å². The molecule has 4 nitrogen and oxygen atoms in total. The molecule has 1 rings (SSSR count). The molecular weight excluding hydrogens is 128 g/mol. The lowest BCUT2D eigenvalue weighted by atomic mass is 10.4. The monoisotopic (exact) mass is 138 g/mol. The van der Waals surface area contributed by atoms with Crippen LogP contribution in [-0.2, 0) is 6.54 Å². The second-order valence-corrected chi connectivity index (χ2v) is 2.13. The first-order chi connectivity index (χ1) is 4.79. The molecule has 0 aromatic carbocycles. The minimum atomic E-state index is 0.633. The first-order valence-corrected chi connectivity index (χ1v) is 3.01. The van der Waals surface area contributed by atoms with Gasteiger partial charge in [-0.2, -0.15) is 10.2 Å². The van der Waals surface area contributed by atoms with Gasteiger partial charge in [0.25, 0.3) is 0 Å². The molecular formula is C6H10N4. The van der Waals surface area contributed by atoms with Gasteiger partial charge >= 0.3 is 0 Å². The normalized spacial score (nSPS) is 10.3. The van der Waals surface area contributed by atoms with Gasteiger partial charge in [-0.1, -0.05) is 0 Å². The minimum Gasteiger partial charge on any atom is -0.269 e. The van der Waals surface area contributed by atoms with Gasteiger partial charge in [-0.15, -0.1) is 0 Å². The molecule has 0 amide bonds. The van der Waals surface area contributed by atoms with Gasteiger partial charge in [0.2, 0.25) is 0 Å². The fraction of sp³-hybridized carbons (Fsp3) is 0.333. The Morgan fingerprint density at radius 2 is 2.50 bits per heavy atom. The highest BCUT2D eigenvalue weighted by molar-refractivity contribution is 4.97. The Bertz CT molecular complexity index is 184. The summed E-state index contributed by atoms with van der Waals surface area (Å²) in [5, 5.41) is 9.11. The van der Waals surface area contributed by atoms with Crippen LogP contribution in [0.3, 0.4) is 0 Å². The Balaban J connectivity index is 2.59. The molecule has 10 heavy (non-hydrogen) atoms. The van der Waals surface area contributed by atoms with Crippen LogP contribution in [0.2, 0.25) is 0 Å². The fourth-order valence-electron chi connectivity index (χ4n) is 0.673. The summed E-state index contributed by atoms with van der Waals surface area (Å²) in [6.07, 6.45) is 1.64. The number of hydrogen-bond acceptors (Lipinski definition) is 4. The molecule has 0 aliphatic carbocycles. The molecule has 0 saturated carbocycles. The molecule has 0 fully saturated rings. The highest BCUT2D eigenvalue weighted by Gasteiger charge is 1.93. The largest absolute Gasteiger partial charge is 0.269 e. The third kappa shape index (κ3) is 2.08. The summed E-state index contributed by atoms with van der Waals surface area (Å²) in [5.41, 5.74) is 0.882. The zero-order valence-corrected chi connectivity index (χ0v) is 5.86. The maximum atomic E-state index is 5.39. The van der Waals surface area contributed by atoms with Gasteiger partial charge in [-0.05, 0) is 12.1 Å². The quantitative estimate of drug-likeness (QED) is 0.453. The minimum absolute atomic E-state index is 0.633. The van der Waals surface area contributed by atoms with E-state index in [1.807, 2.05) is 12.1 Å². The summed E-state index contributed by atoms with van der Waals surface area (Å²) in [5.74, 6) is 5.39. The number of nitrogens with zero attached hydrogens (tertiary/aromatic N) is 3. The molecule has 0 saturated heterocycles. The topological polar surface area (TPSA) is 55.0 Å². The number of rotatable bonds is 2. The van der Waals surface area contributed by atoms with Crippen molar-refractivity contribution in [2.24, 2.45) is 5.84 Å². The summed E-state index contributed by atoms with van der Waals surface area (Å²) >= 11 is 0. The molecule has 0 aliphatic heterocycles. The maximum absolute atomic E-state index is 5.39. The summed E-state index contributed by atoms with van der Waals surface area (Å²) in [4.78, 5) is 0. The molecule has 54 valence electrons. The molecule has 0 unspecified atom stereocenters. The summed E-state index contributed by atoms with van der Waals surface area (Å²) in [7, 11) is 1.79. The smallest absolute Gasteiger partial charge is 0.0785 e. The van der Waals surface area contributed by atoms with Gasteiger partial charge < -0.3 is 0 Å². The van der Waals surface area contributed by atoms with Crippen molar-refractivity contribution in [2.75, 3.05) is 7.05 Å². The first-order valence-electron chi connectivity index (χ1n) is 3.01. The van der Waals surface area contributed by atoms with Crippen LogP contribution in [0, 0.1) is 0 Å². The molecule has 1 aromatic rings. The number of nitrogens with two attached hydrogens (primary N) is 1. The van der Waals surface area contributed by atoms with Crippen LogP contribution in [0.1, 0.15) is 5.69 Å². The lowest BCUT2D eigenvalue weighted by molar-refractivity contribution is 0.335. The van der Waals surface area contributed by atoms with Gasteiger partial charge in [-0.3, -0.25) is 5.84 Å². The van der Waals surface area contributed by atoms with Gasteiger partial charge in [0, 0.05) is 13.2 Å². The first kappa shape index (κ1) is 7.11. The van der Waals surface area contributed by atoms with E-state index >= 15 is 0 Å². The van der Waals surface area contributed by atoms with Crippen molar-refractivity contribution in [3.8, 4) is 0 Å². The number of hydrogen-bond donors (Lipinski definition) is 1. The van der Waals surface area contributed by atoms with Gasteiger partial charge in [0.15, 0.2) is 0 Å². The van der Waals surface area contributed by atoms with E-state index in [0.29, 0.717) is 6.54 Å². The molecule has 0 spiro atoms. The Kier molecular flexibility index (Phi) is 2.30. The van der Waals surface area contributed by atoms with Crippen LogP contribution in [0.15, 0.2) is 18.3 Å². The van der Waals surface area contributed by atoms with Crippen molar-refractivity contribution in [3.63, 3.8) is 0 Å². The Labute approximate surface area is 59.6 Å². The summed E-state index contributed by atoms with van der Waals surface area (Å²) in [6, 6.07) is 3.72. The SMILES string of the molecule is CN(N)Cc1cccnn1. The fourth-order valence-corrected chi connectivity index (χ4v) is 0.673. The standard InChI is InChI=1S/C6H10N4/c1-10(7)5-6-3-2-4-8-9-6/h2-4H,5,7H2,1H3. The van der Waals surface area contributed by atoms with E-state index in [1.165, 1.54) is 0 Å². The highest BCUT2D eigenvalue weighted by atomic mass is 15.4. The predicted octanol–water partition coefficient (Wildman–Crippen LogP) is -0.218. The van der Waals surface area contributed by atoms with Crippen molar-refractivity contribution in [2.45, 2.75) is 6.54 Å². The van der Waals surface area contributed by atoms with Crippen molar-refractivity contribution in [3.05, 3.63) is 24.0 Å². The van der Waals surface area contributed by atoms with Gasteiger partial charge in [-0.25, -0.2) is 5.01 Å². The zero-order valence-electron chi connectivity index (χ0n) is 5.86. The number of hydrazine groups is 1. The van der Waals surface area contributed by atoms with Crippen LogP contribution in [0.5, 0.6) is 0 Å². The second kappa shape index (κ2) is 3.24. The molecule has 0 atom stereocenters. The molecule has 0 aliphatic rings. The maximum Gasteiger partial charge on any atom is 0.0785 e. The van der Waals surface area contributed by atoms with E-state index in [-0.39, 0.29) is 0 Å². The Morgan fingerprint density at radius 3 is 3.00 bits per heavy atom.